The summed E-state index contributed by atoms with van der Waals surface area (Å²) < 4.78 is 0. The molecule has 7 heteroatoms. The molecule has 0 radical (unpaired) electrons. The second kappa shape index (κ2) is 7.99. The van der Waals surface area contributed by atoms with E-state index >= 15 is 0 Å². The van der Waals surface area contributed by atoms with Gasteiger partial charge in [0.2, 0.25) is 0 Å². The summed E-state index contributed by atoms with van der Waals surface area (Å²) in [5.74, 6) is 1.52. The molecule has 27 heavy (non-hydrogen) atoms. The molecule has 0 unspecified atom stereocenters. The van der Waals surface area contributed by atoms with E-state index in [1.54, 1.807) is 12.4 Å². The van der Waals surface area contributed by atoms with Crippen LogP contribution in [-0.2, 0) is 5.41 Å². The van der Waals surface area contributed by atoms with E-state index < -0.39 is 0 Å². The molecule has 3 aromatic rings. The first-order valence-corrected chi connectivity index (χ1v) is 8.89. The third-order valence-electron chi connectivity index (χ3n) is 3.90. The molecular weight excluding hydrogens is 340 g/mol. The fourth-order valence-electron chi connectivity index (χ4n) is 2.49. The number of fused-ring (bicyclic) bond motifs is 1. The summed E-state index contributed by atoms with van der Waals surface area (Å²) in [4.78, 5) is 25.1. The van der Waals surface area contributed by atoms with Gasteiger partial charge in [-0.2, -0.15) is 0 Å². The Kier molecular flexibility index (Phi) is 5.49. The summed E-state index contributed by atoms with van der Waals surface area (Å²) in [6.07, 6.45) is 3.23. The number of rotatable bonds is 5. The Morgan fingerprint density at radius 3 is 2.48 bits per heavy atom. The van der Waals surface area contributed by atoms with E-state index in [2.05, 4.69) is 30.9 Å². The Bertz CT molecular complexity index is 918. The molecule has 0 fully saturated rings. The van der Waals surface area contributed by atoms with Crippen molar-refractivity contribution in [3.8, 4) is 0 Å². The van der Waals surface area contributed by atoms with Crippen LogP contribution in [0.25, 0.3) is 10.9 Å². The molecule has 0 saturated heterocycles. The number of pyridine rings is 1. The maximum absolute atomic E-state index is 12.0. The predicted molar refractivity (Wildman–Crippen MR) is 108 cm³/mol. The van der Waals surface area contributed by atoms with E-state index in [1.807, 2.05) is 57.2 Å². The van der Waals surface area contributed by atoms with E-state index in [0.29, 0.717) is 18.8 Å². The highest BCUT2D eigenvalue weighted by Gasteiger charge is 2.16. The second-order valence-corrected chi connectivity index (χ2v) is 7.24. The molecule has 0 atom stereocenters. The van der Waals surface area contributed by atoms with Crippen molar-refractivity contribution in [2.45, 2.75) is 26.2 Å². The molecule has 3 rings (SSSR count). The van der Waals surface area contributed by atoms with Gasteiger partial charge in [-0.05, 0) is 18.2 Å². The Morgan fingerprint density at radius 1 is 1.00 bits per heavy atom. The van der Waals surface area contributed by atoms with Crippen molar-refractivity contribution in [2.24, 2.45) is 0 Å². The van der Waals surface area contributed by atoms with Crippen LogP contribution >= 0.6 is 0 Å². The van der Waals surface area contributed by atoms with E-state index in [9.17, 15) is 4.79 Å². The standard InChI is InChI=1S/C20H24N6O/c1-20(2,3)18-23-12-15(13-24-18)25-19(27)22-11-10-21-17-9-8-14-6-4-5-7-16(14)26-17/h4-9,12-13H,10-11H2,1-3H3,(H,21,26)(H2,22,25,27). The fraction of sp³-hybridized carbons (Fsp3) is 0.300. The van der Waals surface area contributed by atoms with Crippen molar-refractivity contribution in [1.82, 2.24) is 20.3 Å². The molecule has 7 nitrogen and oxygen atoms in total. The smallest absolute Gasteiger partial charge is 0.319 e. The highest BCUT2D eigenvalue weighted by molar-refractivity contribution is 5.88. The molecule has 2 amide bonds. The fourth-order valence-corrected chi connectivity index (χ4v) is 2.49. The Labute approximate surface area is 158 Å². The van der Waals surface area contributed by atoms with E-state index in [1.165, 1.54) is 0 Å². The van der Waals surface area contributed by atoms with Crippen molar-refractivity contribution in [3.05, 3.63) is 54.6 Å². The maximum atomic E-state index is 12.0. The second-order valence-electron chi connectivity index (χ2n) is 7.24. The number of nitrogens with one attached hydrogen (secondary N) is 3. The van der Waals surface area contributed by atoms with Crippen LogP contribution < -0.4 is 16.0 Å². The SMILES string of the molecule is CC(C)(C)c1ncc(NC(=O)NCCNc2ccc3ccccc3n2)cn1. The van der Waals surface area contributed by atoms with Crippen molar-refractivity contribution in [3.63, 3.8) is 0 Å². The van der Waals surface area contributed by atoms with Gasteiger partial charge in [0.15, 0.2) is 0 Å². The number of benzene rings is 1. The van der Waals surface area contributed by atoms with Crippen LogP contribution in [-0.4, -0.2) is 34.1 Å². The molecule has 2 heterocycles. The largest absolute Gasteiger partial charge is 0.368 e. The topological polar surface area (TPSA) is 91.8 Å². The summed E-state index contributed by atoms with van der Waals surface area (Å²) >= 11 is 0. The maximum Gasteiger partial charge on any atom is 0.319 e. The van der Waals surface area contributed by atoms with E-state index in [4.69, 9.17) is 0 Å². The van der Waals surface area contributed by atoms with Crippen LogP contribution in [0.2, 0.25) is 0 Å². The zero-order valence-electron chi connectivity index (χ0n) is 15.8. The zero-order valence-corrected chi connectivity index (χ0v) is 15.8. The summed E-state index contributed by atoms with van der Waals surface area (Å²) in [7, 11) is 0. The lowest BCUT2D eigenvalue weighted by Crippen LogP contribution is -2.32. The van der Waals surface area contributed by atoms with E-state index in [0.717, 1.165) is 22.5 Å². The Morgan fingerprint density at radius 2 is 1.74 bits per heavy atom. The number of amides is 2. The predicted octanol–water partition coefficient (Wildman–Crippen LogP) is 3.56. The van der Waals surface area contributed by atoms with Gasteiger partial charge >= 0.3 is 6.03 Å². The van der Waals surface area contributed by atoms with Crippen molar-refractivity contribution in [1.29, 1.82) is 0 Å². The number of aromatic nitrogens is 3. The summed E-state index contributed by atoms with van der Waals surface area (Å²) in [5.41, 5.74) is 1.38. The number of nitrogens with zero attached hydrogens (tertiary/aromatic N) is 3. The highest BCUT2D eigenvalue weighted by Crippen LogP contribution is 2.18. The molecule has 1 aromatic carbocycles. The molecule has 3 N–H and O–H groups in total. The first kappa shape index (κ1) is 18.6. The zero-order chi connectivity index (χ0) is 19.3. The first-order valence-electron chi connectivity index (χ1n) is 8.89. The Balaban J connectivity index is 1.44. The van der Waals surface area contributed by atoms with Crippen LogP contribution in [0.5, 0.6) is 0 Å². The number of anilines is 2. The molecule has 0 aliphatic rings. The lowest BCUT2D eigenvalue weighted by atomic mass is 9.96. The highest BCUT2D eigenvalue weighted by atomic mass is 16.2. The number of carbonyl (C=O) groups excluding carboxylic acids is 1. The number of para-hydroxylation sites is 1. The van der Waals surface area contributed by atoms with Gasteiger partial charge in [-0.25, -0.2) is 19.7 Å². The van der Waals surface area contributed by atoms with Gasteiger partial charge in [-0.3, -0.25) is 0 Å². The average molecular weight is 364 g/mol. The molecule has 0 spiro atoms. The van der Waals surface area contributed by atoms with Crippen LogP contribution in [0.1, 0.15) is 26.6 Å². The quantitative estimate of drug-likeness (QED) is 0.602. The molecular formula is C20H24N6O. The molecule has 0 bridgehead atoms. The van der Waals surface area contributed by atoms with Gasteiger partial charge in [0.25, 0.3) is 0 Å². The van der Waals surface area contributed by atoms with Gasteiger partial charge in [-0.1, -0.05) is 39.0 Å². The van der Waals surface area contributed by atoms with Gasteiger partial charge in [-0.15, -0.1) is 0 Å². The van der Waals surface area contributed by atoms with Crippen LogP contribution in [0.4, 0.5) is 16.3 Å². The lowest BCUT2D eigenvalue weighted by Gasteiger charge is -2.16. The molecule has 2 aromatic heterocycles. The minimum atomic E-state index is -0.296. The van der Waals surface area contributed by atoms with Crippen LogP contribution in [0, 0.1) is 0 Å². The van der Waals surface area contributed by atoms with Gasteiger partial charge in [0.05, 0.1) is 23.6 Å². The van der Waals surface area contributed by atoms with Gasteiger partial charge < -0.3 is 16.0 Å². The number of hydrogen-bond acceptors (Lipinski definition) is 5. The van der Waals surface area contributed by atoms with Crippen molar-refractivity contribution in [2.75, 3.05) is 23.7 Å². The number of hydrogen-bond donors (Lipinski definition) is 3. The lowest BCUT2D eigenvalue weighted by molar-refractivity contribution is 0.252. The molecule has 0 aliphatic heterocycles. The number of carbonyl (C=O) groups is 1. The molecule has 0 aliphatic carbocycles. The number of urea groups is 1. The monoisotopic (exact) mass is 364 g/mol. The van der Waals surface area contributed by atoms with Crippen molar-refractivity contribution < 1.29 is 4.79 Å². The van der Waals surface area contributed by atoms with E-state index in [-0.39, 0.29) is 11.4 Å². The average Bonchev–Trinajstić information content (AvgIpc) is 2.65. The van der Waals surface area contributed by atoms with Gasteiger partial charge in [0, 0.05) is 23.9 Å². The first-order chi connectivity index (χ1) is 12.9. The minimum Gasteiger partial charge on any atom is -0.368 e. The Hall–Kier alpha value is -3.22. The summed E-state index contributed by atoms with van der Waals surface area (Å²) in [5, 5.41) is 9.81. The van der Waals surface area contributed by atoms with Crippen LogP contribution in [0.3, 0.4) is 0 Å². The normalized spacial score (nSPS) is 11.2. The van der Waals surface area contributed by atoms with Crippen molar-refractivity contribution >= 4 is 28.4 Å². The summed E-state index contributed by atoms with van der Waals surface area (Å²) in [6.45, 7) is 7.15. The molecule has 140 valence electrons. The van der Waals surface area contributed by atoms with Gasteiger partial charge in [0.1, 0.15) is 11.6 Å². The minimum absolute atomic E-state index is 0.122. The summed E-state index contributed by atoms with van der Waals surface area (Å²) in [6, 6.07) is 11.6. The molecule has 0 saturated carbocycles. The third-order valence-corrected chi connectivity index (χ3v) is 3.90. The third kappa shape index (κ3) is 5.13. The van der Waals surface area contributed by atoms with Crippen LogP contribution in [0.15, 0.2) is 48.8 Å².